The molecule has 1 spiro atoms. The Balaban J connectivity index is 1.27. The molecule has 0 bridgehead atoms. The predicted molar refractivity (Wildman–Crippen MR) is 124 cm³/mol. The van der Waals surface area contributed by atoms with Gasteiger partial charge in [-0.15, -0.1) is 10.2 Å². The first kappa shape index (κ1) is 20.8. The monoisotopic (exact) mass is 473 g/mol. The molecule has 176 valence electrons. The Labute approximate surface area is 191 Å². The van der Waals surface area contributed by atoms with E-state index in [2.05, 4.69) is 36.2 Å². The topological polar surface area (TPSA) is 159 Å². The van der Waals surface area contributed by atoms with Crippen LogP contribution >= 0.6 is 10.6 Å². The third-order valence-corrected chi connectivity index (χ3v) is 8.79. The third-order valence-electron chi connectivity index (χ3n) is 7.01. The molecule has 1 aliphatic carbocycles. The molecule has 3 aromatic heterocycles. The molecule has 12 nitrogen and oxygen atoms in total. The minimum atomic E-state index is -2.44. The number of hydrogen-bond donors (Lipinski definition) is 4. The van der Waals surface area contributed by atoms with Gasteiger partial charge >= 0.3 is 0 Å². The number of tetrazole rings is 1. The van der Waals surface area contributed by atoms with Crippen molar-refractivity contribution in [2.75, 3.05) is 16.8 Å². The Morgan fingerprint density at radius 3 is 2.82 bits per heavy atom. The molecule has 0 atom stereocenters. The van der Waals surface area contributed by atoms with Gasteiger partial charge in [-0.2, -0.15) is 20.9 Å². The van der Waals surface area contributed by atoms with Crippen LogP contribution in [0.3, 0.4) is 0 Å². The molecule has 5 heterocycles. The third kappa shape index (κ3) is 3.63. The summed E-state index contributed by atoms with van der Waals surface area (Å²) >= 11 is 0. The summed E-state index contributed by atoms with van der Waals surface area (Å²) in [4.78, 5) is 10.6. The zero-order valence-corrected chi connectivity index (χ0v) is 19.1. The number of hydrogen-bond acceptors (Lipinski definition) is 10. The maximum Gasteiger partial charge on any atom is 0.177 e. The Kier molecular flexibility index (Phi) is 4.82. The smallest absolute Gasteiger partial charge is 0.177 e. The number of aromatic amines is 1. The molecule has 0 radical (unpaired) electrons. The summed E-state index contributed by atoms with van der Waals surface area (Å²) in [7, 11) is -2.44. The van der Waals surface area contributed by atoms with Crippen molar-refractivity contribution < 1.29 is 13.9 Å². The molecule has 1 saturated carbocycles. The second-order valence-corrected chi connectivity index (χ2v) is 11.7. The summed E-state index contributed by atoms with van der Waals surface area (Å²) in [6.07, 6.45) is 7.38. The number of pyridine rings is 1. The van der Waals surface area contributed by atoms with Crippen molar-refractivity contribution in [1.29, 1.82) is 0 Å². The van der Waals surface area contributed by atoms with Gasteiger partial charge in [0, 0.05) is 61.0 Å². The van der Waals surface area contributed by atoms with Crippen molar-refractivity contribution in [3.63, 3.8) is 0 Å². The molecular weight excluding hydrogens is 446 g/mol. The molecule has 2 aliphatic heterocycles. The molecule has 33 heavy (non-hydrogen) atoms. The van der Waals surface area contributed by atoms with E-state index in [0.717, 1.165) is 53.2 Å². The molecule has 3 aromatic rings. The average molecular weight is 474 g/mol. The van der Waals surface area contributed by atoms with Crippen molar-refractivity contribution in [1.82, 2.24) is 35.4 Å². The van der Waals surface area contributed by atoms with E-state index in [-0.39, 0.29) is 17.6 Å². The van der Waals surface area contributed by atoms with Crippen LogP contribution in [0, 0.1) is 0 Å². The van der Waals surface area contributed by atoms with Crippen molar-refractivity contribution in [3.05, 3.63) is 23.8 Å². The average Bonchev–Trinajstić information content (AvgIpc) is 3.53. The van der Waals surface area contributed by atoms with Crippen molar-refractivity contribution >= 4 is 33.0 Å². The SMILES string of the molecule is CCn1ncc2c(NC3CCS(O)(O)CC3)c(C3=NOC4(C3)CC(c3nn[nH]n3)C4)cnc21. The summed E-state index contributed by atoms with van der Waals surface area (Å²) < 4.78 is 21.9. The van der Waals surface area contributed by atoms with E-state index in [1.807, 2.05) is 24.0 Å². The van der Waals surface area contributed by atoms with Crippen LogP contribution in [0.1, 0.15) is 56.3 Å². The van der Waals surface area contributed by atoms with Crippen LogP contribution in [0.5, 0.6) is 0 Å². The van der Waals surface area contributed by atoms with Gasteiger partial charge in [-0.3, -0.25) is 9.11 Å². The molecule has 3 aliphatic rings. The van der Waals surface area contributed by atoms with Crippen molar-refractivity contribution in [3.8, 4) is 0 Å². The van der Waals surface area contributed by atoms with E-state index in [4.69, 9.17) is 9.82 Å². The lowest BCUT2D eigenvalue weighted by molar-refractivity contribution is -0.0893. The van der Waals surface area contributed by atoms with E-state index >= 15 is 0 Å². The number of nitrogens with zero attached hydrogens (tertiary/aromatic N) is 7. The highest BCUT2D eigenvalue weighted by Gasteiger charge is 2.53. The number of aromatic nitrogens is 7. The lowest BCUT2D eigenvalue weighted by Crippen LogP contribution is -2.43. The highest BCUT2D eigenvalue weighted by Crippen LogP contribution is 2.51. The fourth-order valence-electron chi connectivity index (χ4n) is 5.14. The minimum Gasteiger partial charge on any atom is -0.389 e. The lowest BCUT2D eigenvalue weighted by Gasteiger charge is -2.40. The quantitative estimate of drug-likeness (QED) is 0.437. The molecular formula is C20H27N9O3S. The molecule has 1 saturated heterocycles. The second kappa shape index (κ2) is 7.64. The number of H-pyrrole nitrogens is 1. The highest BCUT2D eigenvalue weighted by atomic mass is 32.3. The standard InChI is InChI=1S/C20H27N9O3S/c1-2-29-19-15(11-22-29)17(23-13-3-5-33(30,31)6-4-13)14(10-21-19)16-9-20(32-26-16)7-12(8-20)18-24-27-28-25-18/h10-13,30-31H,2-9H2,1H3,(H,21,23)(H,24,25,27,28). The van der Waals surface area contributed by atoms with Crippen LogP contribution in [0.4, 0.5) is 5.69 Å². The van der Waals surface area contributed by atoms with Gasteiger partial charge in [0.25, 0.3) is 0 Å². The van der Waals surface area contributed by atoms with E-state index < -0.39 is 10.6 Å². The molecule has 0 amide bonds. The van der Waals surface area contributed by atoms with Crippen LogP contribution in [-0.2, 0) is 11.4 Å². The van der Waals surface area contributed by atoms with Gasteiger partial charge in [0.1, 0.15) is 5.60 Å². The Morgan fingerprint density at radius 1 is 1.27 bits per heavy atom. The summed E-state index contributed by atoms with van der Waals surface area (Å²) in [5, 5.41) is 28.0. The summed E-state index contributed by atoms with van der Waals surface area (Å²) in [5.74, 6) is 1.79. The maximum atomic E-state index is 10.0. The van der Waals surface area contributed by atoms with Crippen LogP contribution in [0.25, 0.3) is 11.0 Å². The number of nitrogens with one attached hydrogen (secondary N) is 2. The minimum absolute atomic E-state index is 0.141. The van der Waals surface area contributed by atoms with Gasteiger partial charge in [-0.05, 0) is 19.8 Å². The zero-order valence-electron chi connectivity index (χ0n) is 18.3. The Bertz CT molecular complexity index is 1190. The van der Waals surface area contributed by atoms with Gasteiger partial charge in [-0.1, -0.05) is 10.4 Å². The molecule has 0 aromatic carbocycles. The Morgan fingerprint density at radius 2 is 2.09 bits per heavy atom. The maximum absolute atomic E-state index is 10.0. The molecule has 0 unspecified atom stereocenters. The normalized spacial score (nSPS) is 23.3. The van der Waals surface area contributed by atoms with Crippen LogP contribution in [-0.4, -0.2) is 73.4 Å². The van der Waals surface area contributed by atoms with E-state index in [1.165, 1.54) is 0 Å². The summed E-state index contributed by atoms with van der Waals surface area (Å²) in [5.41, 5.74) is 3.20. The van der Waals surface area contributed by atoms with Crippen LogP contribution in [0.15, 0.2) is 17.5 Å². The lowest BCUT2D eigenvalue weighted by atomic mass is 9.68. The summed E-state index contributed by atoms with van der Waals surface area (Å²) in [6, 6.07) is 0.141. The molecule has 4 N–H and O–H groups in total. The van der Waals surface area contributed by atoms with Crippen LogP contribution < -0.4 is 5.32 Å². The fourth-order valence-corrected chi connectivity index (χ4v) is 6.67. The molecule has 2 fully saturated rings. The molecule has 13 heteroatoms. The fraction of sp³-hybridized carbons (Fsp3) is 0.600. The number of aryl methyl sites for hydroxylation is 1. The van der Waals surface area contributed by atoms with Gasteiger partial charge in [-0.25, -0.2) is 9.67 Å². The second-order valence-electron chi connectivity index (χ2n) is 9.24. The first-order valence-corrected chi connectivity index (χ1v) is 13.2. The van der Waals surface area contributed by atoms with E-state index in [9.17, 15) is 9.11 Å². The van der Waals surface area contributed by atoms with Gasteiger partial charge in [0.2, 0.25) is 0 Å². The van der Waals surface area contributed by atoms with Crippen LogP contribution in [0.2, 0.25) is 0 Å². The van der Waals surface area contributed by atoms with Gasteiger partial charge < -0.3 is 10.2 Å². The number of fused-ring (bicyclic) bond motifs is 1. The highest BCUT2D eigenvalue weighted by molar-refractivity contribution is 8.24. The summed E-state index contributed by atoms with van der Waals surface area (Å²) in [6.45, 7) is 2.76. The number of anilines is 1. The van der Waals surface area contributed by atoms with Gasteiger partial charge in [0.05, 0.1) is 23.0 Å². The number of rotatable bonds is 5. The van der Waals surface area contributed by atoms with Crippen molar-refractivity contribution in [2.24, 2.45) is 5.16 Å². The first-order chi connectivity index (χ1) is 16.0. The van der Waals surface area contributed by atoms with Crippen molar-refractivity contribution in [2.45, 2.75) is 63.1 Å². The molecule has 6 rings (SSSR count). The largest absolute Gasteiger partial charge is 0.389 e. The van der Waals surface area contributed by atoms with E-state index in [1.54, 1.807) is 0 Å². The zero-order chi connectivity index (χ0) is 22.6. The predicted octanol–water partition coefficient (Wildman–Crippen LogP) is 2.73. The number of oxime groups is 1. The Hall–Kier alpha value is -2.77. The van der Waals surface area contributed by atoms with Gasteiger partial charge in [0.15, 0.2) is 11.5 Å². The first-order valence-electron chi connectivity index (χ1n) is 11.3. The van der Waals surface area contributed by atoms with E-state index in [0.29, 0.717) is 30.8 Å².